The maximum absolute atomic E-state index is 12.4. The van der Waals surface area contributed by atoms with Crippen LogP contribution in [0.3, 0.4) is 0 Å². The van der Waals surface area contributed by atoms with Crippen molar-refractivity contribution in [2.24, 2.45) is 5.92 Å². The number of amides is 2. The second-order valence-electron chi connectivity index (χ2n) is 7.63. The molecule has 2 atom stereocenters. The summed E-state index contributed by atoms with van der Waals surface area (Å²) in [5, 5.41) is 6.07. The number of urea groups is 1. The SMILES string of the molecule is C[C@@H](NC(=O)Nc1ccc2c(c1)COC2)[C@H]1CCN(Cc2ccccc2)C1. The van der Waals surface area contributed by atoms with Gasteiger partial charge < -0.3 is 15.4 Å². The van der Waals surface area contributed by atoms with E-state index in [4.69, 9.17) is 4.74 Å². The number of carbonyl (C=O) groups is 1. The van der Waals surface area contributed by atoms with Gasteiger partial charge in [0.15, 0.2) is 0 Å². The Morgan fingerprint density at radius 1 is 1.19 bits per heavy atom. The molecule has 5 nitrogen and oxygen atoms in total. The number of rotatable bonds is 5. The first-order chi connectivity index (χ1) is 13.2. The van der Waals surface area contributed by atoms with Gasteiger partial charge in [-0.15, -0.1) is 0 Å². The first-order valence-electron chi connectivity index (χ1n) is 9.71. The van der Waals surface area contributed by atoms with Gasteiger partial charge in [-0.05, 0) is 54.6 Å². The number of hydrogen-bond acceptors (Lipinski definition) is 3. The molecule has 2 aromatic rings. The second-order valence-corrected chi connectivity index (χ2v) is 7.63. The minimum absolute atomic E-state index is 0.136. The Labute approximate surface area is 160 Å². The van der Waals surface area contributed by atoms with Crippen molar-refractivity contribution < 1.29 is 9.53 Å². The van der Waals surface area contributed by atoms with E-state index in [2.05, 4.69) is 52.8 Å². The van der Waals surface area contributed by atoms with E-state index in [-0.39, 0.29) is 12.1 Å². The van der Waals surface area contributed by atoms with E-state index in [1.54, 1.807) is 0 Å². The van der Waals surface area contributed by atoms with Crippen molar-refractivity contribution in [3.05, 3.63) is 65.2 Å². The predicted octanol–water partition coefficient (Wildman–Crippen LogP) is 3.75. The van der Waals surface area contributed by atoms with Crippen molar-refractivity contribution in [1.82, 2.24) is 10.2 Å². The molecular formula is C22H27N3O2. The lowest BCUT2D eigenvalue weighted by molar-refractivity contribution is 0.134. The summed E-state index contributed by atoms with van der Waals surface area (Å²) < 4.78 is 5.43. The van der Waals surface area contributed by atoms with Crippen LogP contribution in [0.1, 0.15) is 30.0 Å². The first kappa shape index (κ1) is 18.0. The molecule has 2 amide bonds. The minimum Gasteiger partial charge on any atom is -0.372 e. The van der Waals surface area contributed by atoms with Gasteiger partial charge >= 0.3 is 6.03 Å². The van der Waals surface area contributed by atoms with Crippen molar-refractivity contribution in [2.45, 2.75) is 39.1 Å². The van der Waals surface area contributed by atoms with Crippen LogP contribution in [0.15, 0.2) is 48.5 Å². The largest absolute Gasteiger partial charge is 0.372 e. The van der Waals surface area contributed by atoms with E-state index >= 15 is 0 Å². The fraction of sp³-hybridized carbons (Fsp3) is 0.409. The Morgan fingerprint density at radius 2 is 2.00 bits per heavy atom. The van der Waals surface area contributed by atoms with Crippen molar-refractivity contribution in [1.29, 1.82) is 0 Å². The van der Waals surface area contributed by atoms with Crippen LogP contribution in [0.2, 0.25) is 0 Å². The molecule has 0 bridgehead atoms. The molecule has 0 aliphatic carbocycles. The van der Waals surface area contributed by atoms with Crippen LogP contribution in [0, 0.1) is 5.92 Å². The number of nitrogens with one attached hydrogen (secondary N) is 2. The molecule has 142 valence electrons. The lowest BCUT2D eigenvalue weighted by Crippen LogP contribution is -2.41. The summed E-state index contributed by atoms with van der Waals surface area (Å²) in [5.74, 6) is 0.480. The average molecular weight is 365 g/mol. The highest BCUT2D eigenvalue weighted by Gasteiger charge is 2.28. The molecule has 2 aliphatic rings. The van der Waals surface area contributed by atoms with E-state index in [1.807, 2.05) is 18.2 Å². The number of hydrogen-bond donors (Lipinski definition) is 2. The summed E-state index contributed by atoms with van der Waals surface area (Å²) in [4.78, 5) is 14.9. The zero-order valence-corrected chi connectivity index (χ0v) is 15.8. The molecule has 0 saturated carbocycles. The quantitative estimate of drug-likeness (QED) is 0.848. The monoisotopic (exact) mass is 365 g/mol. The van der Waals surface area contributed by atoms with Crippen LogP contribution < -0.4 is 10.6 Å². The second kappa shape index (κ2) is 8.11. The van der Waals surface area contributed by atoms with Crippen LogP contribution in [-0.2, 0) is 24.5 Å². The van der Waals surface area contributed by atoms with Gasteiger partial charge in [-0.3, -0.25) is 4.90 Å². The van der Waals surface area contributed by atoms with Gasteiger partial charge in [0, 0.05) is 24.8 Å². The normalized spacial score (nSPS) is 20.3. The van der Waals surface area contributed by atoms with Crippen molar-refractivity contribution in [2.75, 3.05) is 18.4 Å². The maximum atomic E-state index is 12.4. The van der Waals surface area contributed by atoms with Crippen molar-refractivity contribution >= 4 is 11.7 Å². The molecule has 2 aliphatic heterocycles. The highest BCUT2D eigenvalue weighted by atomic mass is 16.5. The van der Waals surface area contributed by atoms with Gasteiger partial charge in [0.1, 0.15) is 0 Å². The molecule has 0 aromatic heterocycles. The molecule has 2 heterocycles. The number of likely N-dealkylation sites (tertiary alicyclic amines) is 1. The Kier molecular flexibility index (Phi) is 5.41. The van der Waals surface area contributed by atoms with Crippen LogP contribution in [-0.4, -0.2) is 30.1 Å². The minimum atomic E-state index is -0.136. The smallest absolute Gasteiger partial charge is 0.319 e. The van der Waals surface area contributed by atoms with E-state index in [0.717, 1.165) is 37.3 Å². The summed E-state index contributed by atoms with van der Waals surface area (Å²) in [6, 6.07) is 16.5. The molecule has 2 N–H and O–H groups in total. The molecule has 4 rings (SSSR count). The molecule has 1 fully saturated rings. The summed E-state index contributed by atoms with van der Waals surface area (Å²) >= 11 is 0. The predicted molar refractivity (Wildman–Crippen MR) is 106 cm³/mol. The Bertz CT molecular complexity index is 793. The molecule has 27 heavy (non-hydrogen) atoms. The highest BCUT2D eigenvalue weighted by Crippen LogP contribution is 2.24. The maximum Gasteiger partial charge on any atom is 0.319 e. The van der Waals surface area contributed by atoms with Crippen molar-refractivity contribution in [3.63, 3.8) is 0 Å². The number of benzene rings is 2. The Hall–Kier alpha value is -2.37. The number of fused-ring (bicyclic) bond motifs is 1. The van der Waals surface area contributed by atoms with Gasteiger partial charge in [0.25, 0.3) is 0 Å². The molecule has 0 radical (unpaired) electrons. The summed E-state index contributed by atoms with van der Waals surface area (Å²) in [6.45, 7) is 6.48. The summed E-state index contributed by atoms with van der Waals surface area (Å²) in [7, 11) is 0. The lowest BCUT2D eigenvalue weighted by Gasteiger charge is -2.22. The average Bonchev–Trinajstić information content (AvgIpc) is 3.31. The number of anilines is 1. The number of nitrogens with zero attached hydrogens (tertiary/aromatic N) is 1. The molecule has 2 aromatic carbocycles. The van der Waals surface area contributed by atoms with Gasteiger partial charge in [-0.1, -0.05) is 36.4 Å². The van der Waals surface area contributed by atoms with Crippen LogP contribution in [0.5, 0.6) is 0 Å². The topological polar surface area (TPSA) is 53.6 Å². The fourth-order valence-corrected chi connectivity index (χ4v) is 4.00. The summed E-state index contributed by atoms with van der Waals surface area (Å²) in [6.07, 6.45) is 1.12. The molecule has 1 saturated heterocycles. The van der Waals surface area contributed by atoms with Gasteiger partial charge in [0.05, 0.1) is 13.2 Å². The van der Waals surface area contributed by atoms with E-state index < -0.39 is 0 Å². The third-order valence-corrected chi connectivity index (χ3v) is 5.60. The van der Waals surface area contributed by atoms with Gasteiger partial charge in [-0.25, -0.2) is 4.79 Å². The molecule has 5 heteroatoms. The van der Waals surface area contributed by atoms with E-state index in [0.29, 0.717) is 19.1 Å². The Balaban J connectivity index is 1.26. The van der Waals surface area contributed by atoms with E-state index in [1.165, 1.54) is 11.1 Å². The van der Waals surface area contributed by atoms with Gasteiger partial charge in [-0.2, -0.15) is 0 Å². The fourth-order valence-electron chi connectivity index (χ4n) is 4.00. The first-order valence-corrected chi connectivity index (χ1v) is 9.71. The zero-order chi connectivity index (χ0) is 18.6. The summed E-state index contributed by atoms with van der Waals surface area (Å²) in [5.41, 5.74) is 4.53. The van der Waals surface area contributed by atoms with Crippen LogP contribution >= 0.6 is 0 Å². The molecule has 0 unspecified atom stereocenters. The van der Waals surface area contributed by atoms with Gasteiger partial charge in [0.2, 0.25) is 0 Å². The number of ether oxygens (including phenoxy) is 1. The Morgan fingerprint density at radius 3 is 2.85 bits per heavy atom. The van der Waals surface area contributed by atoms with E-state index in [9.17, 15) is 4.79 Å². The highest BCUT2D eigenvalue weighted by molar-refractivity contribution is 5.89. The standard InChI is InChI=1S/C22H27N3O2/c1-16(18-9-10-25(13-18)12-17-5-3-2-4-6-17)23-22(26)24-21-8-7-19-14-27-15-20(19)11-21/h2-8,11,16,18H,9-10,12-15H2,1H3,(H2,23,24,26)/t16-,18+/m1/s1. The van der Waals surface area contributed by atoms with Crippen LogP contribution in [0.4, 0.5) is 10.5 Å². The molecule has 0 spiro atoms. The molecular weight excluding hydrogens is 338 g/mol. The lowest BCUT2D eigenvalue weighted by atomic mass is 10.0. The third-order valence-electron chi connectivity index (χ3n) is 5.60. The number of carbonyl (C=O) groups excluding carboxylic acids is 1. The zero-order valence-electron chi connectivity index (χ0n) is 15.8. The van der Waals surface area contributed by atoms with Crippen molar-refractivity contribution in [3.8, 4) is 0 Å². The van der Waals surface area contributed by atoms with Crippen LogP contribution in [0.25, 0.3) is 0 Å². The third kappa shape index (κ3) is 4.49.